The monoisotopic (exact) mass is 243 g/mol. The zero-order valence-corrected chi connectivity index (χ0v) is 11.6. The quantitative estimate of drug-likeness (QED) is 0.780. The van der Waals surface area contributed by atoms with E-state index in [1.165, 1.54) is 18.4 Å². The Balaban J connectivity index is 2.39. The number of rotatable bonds is 4. The highest BCUT2D eigenvalue weighted by molar-refractivity contribution is 5.57. The van der Waals surface area contributed by atoms with E-state index in [1.807, 2.05) is 0 Å². The number of oxazole rings is 1. The molecule has 0 aliphatic carbocycles. The molecule has 18 heavy (non-hydrogen) atoms. The molecule has 0 radical (unpaired) electrons. The van der Waals surface area contributed by atoms with Crippen LogP contribution in [0, 0.1) is 5.92 Å². The summed E-state index contributed by atoms with van der Waals surface area (Å²) in [5.41, 5.74) is 2.62. The minimum Gasteiger partial charge on any atom is -0.444 e. The first-order chi connectivity index (χ1) is 8.55. The van der Waals surface area contributed by atoms with Crippen molar-refractivity contribution in [2.45, 2.75) is 39.5 Å². The molecule has 1 heterocycles. The summed E-state index contributed by atoms with van der Waals surface area (Å²) >= 11 is 0. The van der Waals surface area contributed by atoms with Gasteiger partial charge in [0.25, 0.3) is 0 Å². The molecular formula is C16H21NO. The van der Waals surface area contributed by atoms with Crippen molar-refractivity contribution in [3.63, 3.8) is 0 Å². The van der Waals surface area contributed by atoms with Crippen LogP contribution in [0.15, 0.2) is 41.3 Å². The molecule has 0 saturated heterocycles. The lowest BCUT2D eigenvalue weighted by atomic mass is 9.73. The molecule has 0 fully saturated rings. The van der Waals surface area contributed by atoms with E-state index in [2.05, 4.69) is 56.9 Å². The van der Waals surface area contributed by atoms with Gasteiger partial charge < -0.3 is 4.42 Å². The van der Waals surface area contributed by atoms with Gasteiger partial charge in [0.2, 0.25) is 0 Å². The fourth-order valence-electron chi connectivity index (χ4n) is 2.23. The second-order valence-corrected chi connectivity index (χ2v) is 5.48. The number of benzene rings is 1. The van der Waals surface area contributed by atoms with E-state index in [-0.39, 0.29) is 5.41 Å². The molecule has 0 spiro atoms. The first kappa shape index (κ1) is 12.9. The zero-order valence-electron chi connectivity index (χ0n) is 11.6. The van der Waals surface area contributed by atoms with E-state index in [9.17, 15) is 0 Å². The van der Waals surface area contributed by atoms with E-state index >= 15 is 0 Å². The lowest BCUT2D eigenvalue weighted by molar-refractivity contribution is 0.335. The van der Waals surface area contributed by atoms with Gasteiger partial charge in [0, 0.05) is 5.56 Å². The van der Waals surface area contributed by atoms with Crippen LogP contribution in [0.1, 0.15) is 39.7 Å². The van der Waals surface area contributed by atoms with Crippen molar-refractivity contribution in [1.29, 1.82) is 0 Å². The first-order valence-corrected chi connectivity index (χ1v) is 6.55. The summed E-state index contributed by atoms with van der Waals surface area (Å²) in [6, 6.07) is 8.58. The molecule has 1 aromatic carbocycles. The summed E-state index contributed by atoms with van der Waals surface area (Å²) in [6.07, 6.45) is 4.41. The van der Waals surface area contributed by atoms with Gasteiger partial charge in [-0.15, -0.1) is 0 Å². The molecule has 0 saturated carbocycles. The van der Waals surface area contributed by atoms with Crippen LogP contribution in [-0.4, -0.2) is 4.98 Å². The van der Waals surface area contributed by atoms with E-state index in [4.69, 9.17) is 4.42 Å². The van der Waals surface area contributed by atoms with Gasteiger partial charge in [-0.05, 0) is 23.0 Å². The van der Waals surface area contributed by atoms with Gasteiger partial charge in [0.1, 0.15) is 0 Å². The maximum atomic E-state index is 5.36. The Morgan fingerprint density at radius 3 is 2.72 bits per heavy atom. The number of hydrogen-bond donors (Lipinski definition) is 0. The molecular weight excluding hydrogens is 222 g/mol. The molecule has 0 aliphatic rings. The second-order valence-electron chi connectivity index (χ2n) is 5.48. The van der Waals surface area contributed by atoms with E-state index in [1.54, 1.807) is 6.20 Å². The van der Waals surface area contributed by atoms with Gasteiger partial charge in [-0.2, -0.15) is 0 Å². The highest BCUT2D eigenvalue weighted by Gasteiger charge is 2.26. The van der Waals surface area contributed by atoms with Crippen molar-refractivity contribution < 1.29 is 4.42 Å². The van der Waals surface area contributed by atoms with Crippen LogP contribution >= 0.6 is 0 Å². The number of aromatic nitrogens is 1. The van der Waals surface area contributed by atoms with E-state index in [0.29, 0.717) is 5.92 Å². The molecule has 0 bridgehead atoms. The molecule has 0 N–H and O–H groups in total. The average molecular weight is 243 g/mol. The van der Waals surface area contributed by atoms with Gasteiger partial charge in [-0.1, -0.05) is 52.3 Å². The Hall–Kier alpha value is -1.57. The maximum absolute atomic E-state index is 5.36. The molecule has 96 valence electrons. The molecule has 0 aliphatic heterocycles. The molecule has 2 nitrogen and oxygen atoms in total. The average Bonchev–Trinajstić information content (AvgIpc) is 2.91. The molecule has 0 amide bonds. The lowest BCUT2D eigenvalue weighted by Gasteiger charge is -2.32. The summed E-state index contributed by atoms with van der Waals surface area (Å²) in [4.78, 5) is 3.98. The van der Waals surface area contributed by atoms with Gasteiger partial charge in [-0.3, -0.25) is 0 Å². The van der Waals surface area contributed by atoms with Crippen molar-refractivity contribution in [2.24, 2.45) is 5.92 Å². The molecule has 1 aromatic heterocycles. The Morgan fingerprint density at radius 2 is 2.11 bits per heavy atom. The second kappa shape index (κ2) is 4.97. The fraction of sp³-hybridized carbons (Fsp3) is 0.438. The van der Waals surface area contributed by atoms with Crippen LogP contribution in [0.2, 0.25) is 0 Å². The SMILES string of the molecule is CCC(C)C(C)(C)c1cccc(-c2cnco2)c1. The highest BCUT2D eigenvalue weighted by atomic mass is 16.3. The summed E-state index contributed by atoms with van der Waals surface area (Å²) in [7, 11) is 0. The smallest absolute Gasteiger partial charge is 0.181 e. The van der Waals surface area contributed by atoms with Gasteiger partial charge in [0.15, 0.2) is 12.2 Å². The van der Waals surface area contributed by atoms with Crippen LogP contribution < -0.4 is 0 Å². The molecule has 2 heteroatoms. The van der Waals surface area contributed by atoms with Crippen LogP contribution in [-0.2, 0) is 5.41 Å². The summed E-state index contributed by atoms with van der Waals surface area (Å²) < 4.78 is 5.36. The minimum absolute atomic E-state index is 0.171. The predicted molar refractivity (Wildman–Crippen MR) is 74.4 cm³/mol. The largest absolute Gasteiger partial charge is 0.444 e. The summed E-state index contributed by atoms with van der Waals surface area (Å²) in [5.74, 6) is 1.47. The zero-order chi connectivity index (χ0) is 13.2. The van der Waals surface area contributed by atoms with Crippen molar-refractivity contribution in [3.8, 4) is 11.3 Å². The Bertz CT molecular complexity index is 500. The van der Waals surface area contributed by atoms with Crippen molar-refractivity contribution >= 4 is 0 Å². The lowest BCUT2D eigenvalue weighted by Crippen LogP contribution is -2.26. The van der Waals surface area contributed by atoms with E-state index < -0.39 is 0 Å². The maximum Gasteiger partial charge on any atom is 0.181 e. The third-order valence-electron chi connectivity index (χ3n) is 4.17. The Morgan fingerprint density at radius 1 is 1.33 bits per heavy atom. The summed E-state index contributed by atoms with van der Waals surface area (Å²) in [6.45, 7) is 9.16. The van der Waals surface area contributed by atoms with Crippen molar-refractivity contribution in [1.82, 2.24) is 4.98 Å². The number of nitrogens with zero attached hydrogens (tertiary/aromatic N) is 1. The topological polar surface area (TPSA) is 26.0 Å². The third kappa shape index (κ3) is 2.33. The minimum atomic E-state index is 0.171. The van der Waals surface area contributed by atoms with Gasteiger partial charge >= 0.3 is 0 Å². The fourth-order valence-corrected chi connectivity index (χ4v) is 2.23. The highest BCUT2D eigenvalue weighted by Crippen LogP contribution is 2.35. The summed E-state index contributed by atoms with van der Waals surface area (Å²) in [5, 5.41) is 0. The van der Waals surface area contributed by atoms with Crippen LogP contribution in [0.5, 0.6) is 0 Å². The standard InChI is InChI=1S/C16H21NO/c1-5-12(2)16(3,4)14-8-6-7-13(9-14)15-10-17-11-18-15/h6-12H,5H2,1-4H3. The van der Waals surface area contributed by atoms with Crippen LogP contribution in [0.3, 0.4) is 0 Å². The van der Waals surface area contributed by atoms with Crippen molar-refractivity contribution in [2.75, 3.05) is 0 Å². The van der Waals surface area contributed by atoms with Gasteiger partial charge in [-0.25, -0.2) is 4.98 Å². The van der Waals surface area contributed by atoms with E-state index in [0.717, 1.165) is 11.3 Å². The first-order valence-electron chi connectivity index (χ1n) is 6.55. The van der Waals surface area contributed by atoms with Crippen LogP contribution in [0.25, 0.3) is 11.3 Å². The molecule has 1 unspecified atom stereocenters. The Labute approximate surface area is 109 Å². The Kier molecular flexibility index (Phi) is 3.55. The normalized spacial score (nSPS) is 13.6. The third-order valence-corrected chi connectivity index (χ3v) is 4.17. The van der Waals surface area contributed by atoms with Crippen molar-refractivity contribution in [3.05, 3.63) is 42.4 Å². The molecule has 1 atom stereocenters. The van der Waals surface area contributed by atoms with Crippen LogP contribution in [0.4, 0.5) is 0 Å². The number of hydrogen-bond acceptors (Lipinski definition) is 2. The molecule has 2 aromatic rings. The molecule has 2 rings (SSSR count). The predicted octanol–water partition coefficient (Wildman–Crippen LogP) is 4.67. The van der Waals surface area contributed by atoms with Gasteiger partial charge in [0.05, 0.1) is 6.20 Å².